The third-order valence-electron chi connectivity index (χ3n) is 4.58. The van der Waals surface area contributed by atoms with E-state index in [1.807, 2.05) is 0 Å². The second kappa shape index (κ2) is 7.34. The number of hydrogen-bond acceptors (Lipinski definition) is 3. The van der Waals surface area contributed by atoms with Crippen LogP contribution in [0, 0.1) is 5.41 Å². The first-order valence-corrected chi connectivity index (χ1v) is 7.17. The van der Waals surface area contributed by atoms with E-state index in [1.165, 1.54) is 19.3 Å². The van der Waals surface area contributed by atoms with Gasteiger partial charge in [0.1, 0.15) is 0 Å². The van der Waals surface area contributed by atoms with Crippen LogP contribution in [0.1, 0.15) is 52.4 Å². The van der Waals surface area contributed by atoms with E-state index in [9.17, 15) is 10.2 Å². The molecule has 0 spiro atoms. The van der Waals surface area contributed by atoms with Crippen LogP contribution in [0.4, 0.5) is 0 Å². The fourth-order valence-corrected chi connectivity index (χ4v) is 2.83. The molecule has 1 aliphatic rings. The lowest BCUT2D eigenvalue weighted by Gasteiger charge is -2.38. The summed E-state index contributed by atoms with van der Waals surface area (Å²) in [6, 6.07) is 0.307. The highest BCUT2D eigenvalue weighted by molar-refractivity contribution is 4.84. The maximum absolute atomic E-state index is 9.65. The van der Waals surface area contributed by atoms with Gasteiger partial charge in [-0.1, -0.05) is 26.7 Å². The van der Waals surface area contributed by atoms with Crippen LogP contribution in [0.15, 0.2) is 0 Å². The summed E-state index contributed by atoms with van der Waals surface area (Å²) in [6.07, 6.45) is 6.85. The molecule has 3 heteroatoms. The third-order valence-corrected chi connectivity index (χ3v) is 4.58. The van der Waals surface area contributed by atoms with Crippen molar-refractivity contribution in [1.82, 2.24) is 4.90 Å². The van der Waals surface area contributed by atoms with E-state index >= 15 is 0 Å². The van der Waals surface area contributed by atoms with Gasteiger partial charge in [-0.2, -0.15) is 0 Å². The molecule has 0 saturated carbocycles. The zero-order valence-electron chi connectivity index (χ0n) is 11.5. The molecule has 1 saturated heterocycles. The maximum Gasteiger partial charge on any atom is 0.0586 e. The molecule has 1 heterocycles. The van der Waals surface area contributed by atoms with Crippen molar-refractivity contribution >= 4 is 0 Å². The number of hydrogen-bond donors (Lipinski definition) is 2. The first kappa shape index (κ1) is 14.9. The molecule has 1 unspecified atom stereocenters. The Hall–Kier alpha value is -0.120. The Bertz CT molecular complexity index is 196. The molecule has 0 bridgehead atoms. The second-order valence-electron chi connectivity index (χ2n) is 5.52. The largest absolute Gasteiger partial charge is 0.396 e. The molecule has 1 fully saturated rings. The van der Waals surface area contributed by atoms with Crippen molar-refractivity contribution in [2.24, 2.45) is 5.41 Å². The molecule has 1 rings (SSSR count). The molecule has 0 aliphatic carbocycles. The number of likely N-dealkylation sites (tertiary alicyclic amines) is 1. The predicted octanol–water partition coefficient (Wildman–Crippen LogP) is 2.02. The number of nitrogens with zero attached hydrogens (tertiary/aromatic N) is 1. The molecule has 2 N–H and O–H groups in total. The molecule has 0 aromatic heterocycles. The highest BCUT2D eigenvalue weighted by Gasteiger charge is 2.31. The van der Waals surface area contributed by atoms with Crippen molar-refractivity contribution in [2.45, 2.75) is 58.4 Å². The van der Waals surface area contributed by atoms with E-state index in [1.54, 1.807) is 0 Å². The van der Waals surface area contributed by atoms with Gasteiger partial charge in [-0.3, -0.25) is 4.90 Å². The topological polar surface area (TPSA) is 43.7 Å². The van der Waals surface area contributed by atoms with Crippen LogP contribution >= 0.6 is 0 Å². The predicted molar refractivity (Wildman–Crippen MR) is 71.0 cm³/mol. The van der Waals surface area contributed by atoms with Gasteiger partial charge in [-0.05, 0) is 32.2 Å². The molecule has 0 aromatic carbocycles. The van der Waals surface area contributed by atoms with Crippen molar-refractivity contribution in [2.75, 3.05) is 26.3 Å². The fraction of sp³-hybridized carbons (Fsp3) is 1.00. The summed E-state index contributed by atoms with van der Waals surface area (Å²) >= 11 is 0. The molecular weight excluding hydrogens is 214 g/mol. The molecule has 102 valence electrons. The van der Waals surface area contributed by atoms with E-state index < -0.39 is 0 Å². The lowest BCUT2D eigenvalue weighted by atomic mass is 9.82. The molecular formula is C14H29NO2. The van der Waals surface area contributed by atoms with Crippen LogP contribution in [-0.2, 0) is 0 Å². The van der Waals surface area contributed by atoms with Crippen molar-refractivity contribution in [3.8, 4) is 0 Å². The normalized spacial score (nSPS) is 23.6. The zero-order chi connectivity index (χ0) is 12.7. The van der Waals surface area contributed by atoms with Gasteiger partial charge in [0.2, 0.25) is 0 Å². The minimum absolute atomic E-state index is 0.0256. The monoisotopic (exact) mass is 243 g/mol. The number of rotatable bonds is 6. The average molecular weight is 243 g/mol. The first-order valence-electron chi connectivity index (χ1n) is 7.17. The molecule has 3 nitrogen and oxygen atoms in total. The second-order valence-corrected chi connectivity index (χ2v) is 5.52. The van der Waals surface area contributed by atoms with Gasteiger partial charge in [0.05, 0.1) is 6.61 Å². The van der Waals surface area contributed by atoms with Gasteiger partial charge in [-0.15, -0.1) is 0 Å². The van der Waals surface area contributed by atoms with E-state index in [-0.39, 0.29) is 18.6 Å². The molecule has 17 heavy (non-hydrogen) atoms. The summed E-state index contributed by atoms with van der Waals surface area (Å²) in [6.45, 7) is 6.84. The summed E-state index contributed by atoms with van der Waals surface area (Å²) in [5.41, 5.74) is 0.0256. The zero-order valence-corrected chi connectivity index (χ0v) is 11.5. The standard InChI is InChI=1S/C14H29NO2/c1-3-14(4-2,12-17)11-15-9-7-5-6-8-13(15)10-16/h13,16-17H,3-12H2,1-2H3. The Morgan fingerprint density at radius 2 is 1.82 bits per heavy atom. The minimum Gasteiger partial charge on any atom is -0.396 e. The van der Waals surface area contributed by atoms with Gasteiger partial charge in [0.15, 0.2) is 0 Å². The maximum atomic E-state index is 9.65. The SMILES string of the molecule is CCC(CC)(CO)CN1CCCCCC1CO. The van der Waals surface area contributed by atoms with E-state index in [2.05, 4.69) is 18.7 Å². The fourth-order valence-electron chi connectivity index (χ4n) is 2.83. The smallest absolute Gasteiger partial charge is 0.0586 e. The van der Waals surface area contributed by atoms with Gasteiger partial charge in [-0.25, -0.2) is 0 Å². The summed E-state index contributed by atoms with van der Waals surface area (Å²) in [7, 11) is 0. The van der Waals surface area contributed by atoms with Crippen LogP contribution in [0.25, 0.3) is 0 Å². The quantitative estimate of drug-likeness (QED) is 0.750. The van der Waals surface area contributed by atoms with E-state index in [0.29, 0.717) is 6.04 Å². The van der Waals surface area contributed by atoms with Crippen LogP contribution in [0.5, 0.6) is 0 Å². The van der Waals surface area contributed by atoms with Crippen LogP contribution in [0.3, 0.4) is 0 Å². The summed E-state index contributed by atoms with van der Waals surface area (Å²) in [5, 5.41) is 19.1. The summed E-state index contributed by atoms with van der Waals surface area (Å²) in [5.74, 6) is 0. The Balaban J connectivity index is 2.67. The van der Waals surface area contributed by atoms with Crippen LogP contribution in [-0.4, -0.2) is 47.5 Å². The van der Waals surface area contributed by atoms with Gasteiger partial charge in [0, 0.05) is 24.6 Å². The Morgan fingerprint density at radius 3 is 2.35 bits per heavy atom. The molecule has 0 aromatic rings. The summed E-state index contributed by atoms with van der Waals surface area (Å²) < 4.78 is 0. The molecule has 1 atom stereocenters. The number of aliphatic hydroxyl groups excluding tert-OH is 2. The van der Waals surface area contributed by atoms with E-state index in [0.717, 1.165) is 32.4 Å². The minimum atomic E-state index is 0.0256. The van der Waals surface area contributed by atoms with Crippen LogP contribution in [0.2, 0.25) is 0 Å². The highest BCUT2D eigenvalue weighted by Crippen LogP contribution is 2.29. The molecule has 0 amide bonds. The Labute approximate surface area is 106 Å². The van der Waals surface area contributed by atoms with Crippen molar-refractivity contribution in [3.63, 3.8) is 0 Å². The van der Waals surface area contributed by atoms with Crippen LogP contribution < -0.4 is 0 Å². The first-order chi connectivity index (χ1) is 8.21. The molecule has 1 aliphatic heterocycles. The van der Waals surface area contributed by atoms with Gasteiger partial charge < -0.3 is 10.2 Å². The lowest BCUT2D eigenvalue weighted by molar-refractivity contribution is 0.0325. The lowest BCUT2D eigenvalue weighted by Crippen LogP contribution is -2.46. The number of aliphatic hydroxyl groups is 2. The van der Waals surface area contributed by atoms with Crippen molar-refractivity contribution in [1.29, 1.82) is 0 Å². The molecule has 0 radical (unpaired) electrons. The van der Waals surface area contributed by atoms with Crippen molar-refractivity contribution < 1.29 is 10.2 Å². The van der Waals surface area contributed by atoms with Crippen molar-refractivity contribution in [3.05, 3.63) is 0 Å². The Kier molecular flexibility index (Phi) is 6.45. The van der Waals surface area contributed by atoms with E-state index in [4.69, 9.17) is 0 Å². The third kappa shape index (κ3) is 3.94. The Morgan fingerprint density at radius 1 is 1.12 bits per heavy atom. The van der Waals surface area contributed by atoms with Gasteiger partial charge >= 0.3 is 0 Å². The summed E-state index contributed by atoms with van der Waals surface area (Å²) in [4.78, 5) is 2.41. The average Bonchev–Trinajstić information content (AvgIpc) is 2.61. The highest BCUT2D eigenvalue weighted by atomic mass is 16.3. The van der Waals surface area contributed by atoms with Gasteiger partial charge in [0.25, 0.3) is 0 Å².